The molecule has 0 atom stereocenters. The molecule has 0 unspecified atom stereocenters. The van der Waals surface area contributed by atoms with Crippen molar-refractivity contribution in [2.24, 2.45) is 0 Å². The molecule has 0 spiro atoms. The van der Waals surface area contributed by atoms with Crippen LogP contribution in [0.1, 0.15) is 5.56 Å². The first-order chi connectivity index (χ1) is 10.5. The van der Waals surface area contributed by atoms with Crippen molar-refractivity contribution in [2.75, 3.05) is 6.61 Å². The molecule has 0 fully saturated rings. The van der Waals surface area contributed by atoms with E-state index in [0.717, 1.165) is 5.56 Å². The molecular weight excluding hydrogens is 308 g/mol. The maximum atomic E-state index is 11.7. The number of benzene rings is 2. The van der Waals surface area contributed by atoms with E-state index in [0.29, 0.717) is 10.8 Å². The number of halogens is 1. The summed E-state index contributed by atoms with van der Waals surface area (Å²) in [5.41, 5.74) is 0.784. The van der Waals surface area contributed by atoms with E-state index >= 15 is 0 Å². The summed E-state index contributed by atoms with van der Waals surface area (Å²) in [6.45, 7) is 0.162. The topological polar surface area (TPSA) is 81.5 Å². The number of carbonyl (C=O) groups is 1. The van der Waals surface area contributed by atoms with E-state index in [2.05, 4.69) is 5.32 Å². The lowest BCUT2D eigenvalue weighted by Gasteiger charge is -2.07. The van der Waals surface area contributed by atoms with Gasteiger partial charge in [-0.3, -0.25) is 14.9 Å². The third-order valence-corrected chi connectivity index (χ3v) is 3.07. The largest absolute Gasteiger partial charge is 0.484 e. The van der Waals surface area contributed by atoms with Crippen molar-refractivity contribution in [3.8, 4) is 5.75 Å². The van der Waals surface area contributed by atoms with Crippen LogP contribution in [0.5, 0.6) is 5.75 Å². The minimum Gasteiger partial charge on any atom is -0.484 e. The summed E-state index contributed by atoms with van der Waals surface area (Å²) in [5.74, 6) is 0.267. The second-order valence-corrected chi connectivity index (χ2v) is 4.88. The van der Waals surface area contributed by atoms with Crippen LogP contribution in [0.4, 0.5) is 5.69 Å². The number of carbonyl (C=O) groups excluding carboxylic acids is 1. The van der Waals surface area contributed by atoms with Crippen LogP contribution in [0, 0.1) is 10.1 Å². The molecular formula is C15H13ClN2O4. The third-order valence-electron chi connectivity index (χ3n) is 2.82. The van der Waals surface area contributed by atoms with Gasteiger partial charge in [0.25, 0.3) is 11.6 Å². The van der Waals surface area contributed by atoms with E-state index in [1.807, 2.05) is 0 Å². The van der Waals surface area contributed by atoms with Crippen LogP contribution in [0.3, 0.4) is 0 Å². The summed E-state index contributed by atoms with van der Waals surface area (Å²) in [5, 5.41) is 13.8. The Bertz CT molecular complexity index is 656. The molecule has 114 valence electrons. The molecule has 2 aromatic rings. The molecule has 0 saturated carbocycles. The third kappa shape index (κ3) is 4.75. The normalized spacial score (nSPS) is 10.0. The number of hydrogen-bond acceptors (Lipinski definition) is 4. The average Bonchev–Trinajstić information content (AvgIpc) is 2.52. The van der Waals surface area contributed by atoms with E-state index < -0.39 is 4.92 Å². The van der Waals surface area contributed by atoms with Gasteiger partial charge in [-0.25, -0.2) is 0 Å². The van der Waals surface area contributed by atoms with E-state index in [4.69, 9.17) is 16.3 Å². The fourth-order valence-corrected chi connectivity index (χ4v) is 1.79. The van der Waals surface area contributed by atoms with Gasteiger partial charge in [0.15, 0.2) is 6.61 Å². The highest BCUT2D eigenvalue weighted by Crippen LogP contribution is 2.15. The van der Waals surface area contributed by atoms with E-state index in [-0.39, 0.29) is 24.7 Å². The van der Waals surface area contributed by atoms with Gasteiger partial charge in [-0.05, 0) is 29.8 Å². The second kappa shape index (κ2) is 7.42. The molecule has 2 rings (SSSR count). The summed E-state index contributed by atoms with van der Waals surface area (Å²) in [4.78, 5) is 21.7. The maximum Gasteiger partial charge on any atom is 0.269 e. The van der Waals surface area contributed by atoms with Crippen molar-refractivity contribution in [3.05, 3.63) is 69.2 Å². The van der Waals surface area contributed by atoms with Crippen molar-refractivity contribution >= 4 is 23.2 Å². The summed E-state index contributed by atoms with van der Waals surface area (Å²) in [6, 6.07) is 12.7. The molecule has 7 heteroatoms. The monoisotopic (exact) mass is 320 g/mol. The zero-order chi connectivity index (χ0) is 15.9. The van der Waals surface area contributed by atoms with Crippen LogP contribution >= 0.6 is 11.6 Å². The predicted octanol–water partition coefficient (Wildman–Crippen LogP) is 2.94. The number of nitrogens with one attached hydrogen (secondary N) is 1. The number of nitro benzene ring substituents is 1. The second-order valence-electron chi connectivity index (χ2n) is 4.44. The lowest BCUT2D eigenvalue weighted by molar-refractivity contribution is -0.384. The van der Waals surface area contributed by atoms with Crippen LogP contribution in [0.2, 0.25) is 5.02 Å². The molecule has 0 saturated heterocycles. The Labute approximate surface area is 131 Å². The zero-order valence-corrected chi connectivity index (χ0v) is 12.2. The fourth-order valence-electron chi connectivity index (χ4n) is 1.67. The van der Waals surface area contributed by atoms with Gasteiger partial charge in [0.2, 0.25) is 0 Å². The van der Waals surface area contributed by atoms with E-state index in [1.165, 1.54) is 12.1 Å². The maximum absolute atomic E-state index is 11.7. The van der Waals surface area contributed by atoms with Gasteiger partial charge in [-0.1, -0.05) is 23.7 Å². The van der Waals surface area contributed by atoms with Crippen LogP contribution in [0.15, 0.2) is 48.5 Å². The predicted molar refractivity (Wildman–Crippen MR) is 81.9 cm³/mol. The van der Waals surface area contributed by atoms with Crippen molar-refractivity contribution in [1.82, 2.24) is 5.32 Å². The highest BCUT2D eigenvalue weighted by molar-refractivity contribution is 6.30. The highest BCUT2D eigenvalue weighted by Gasteiger charge is 2.06. The van der Waals surface area contributed by atoms with Gasteiger partial charge in [-0.15, -0.1) is 0 Å². The smallest absolute Gasteiger partial charge is 0.269 e. The number of ether oxygens (including phenoxy) is 1. The number of non-ortho nitro benzene ring substituents is 1. The van der Waals surface area contributed by atoms with Gasteiger partial charge >= 0.3 is 0 Å². The molecule has 0 radical (unpaired) electrons. The van der Waals surface area contributed by atoms with Crippen LogP contribution < -0.4 is 10.1 Å². The van der Waals surface area contributed by atoms with Crippen molar-refractivity contribution in [3.63, 3.8) is 0 Å². The first-order valence-electron chi connectivity index (χ1n) is 6.43. The molecule has 0 aromatic heterocycles. The average molecular weight is 321 g/mol. The lowest BCUT2D eigenvalue weighted by Crippen LogP contribution is -2.28. The Balaban J connectivity index is 1.77. The first kappa shape index (κ1) is 15.8. The molecule has 6 nitrogen and oxygen atoms in total. The highest BCUT2D eigenvalue weighted by atomic mass is 35.5. The van der Waals surface area contributed by atoms with E-state index in [9.17, 15) is 14.9 Å². The number of amides is 1. The van der Waals surface area contributed by atoms with Crippen molar-refractivity contribution < 1.29 is 14.5 Å². The summed E-state index contributed by atoms with van der Waals surface area (Å²) >= 11 is 5.75. The lowest BCUT2D eigenvalue weighted by atomic mass is 10.2. The molecule has 0 aliphatic carbocycles. The zero-order valence-electron chi connectivity index (χ0n) is 11.5. The quantitative estimate of drug-likeness (QED) is 0.655. The molecule has 22 heavy (non-hydrogen) atoms. The number of rotatable bonds is 6. The Morgan fingerprint density at radius 1 is 1.14 bits per heavy atom. The van der Waals surface area contributed by atoms with Crippen LogP contribution in [-0.4, -0.2) is 17.4 Å². The number of nitro groups is 1. The number of nitrogens with zero attached hydrogens (tertiary/aromatic N) is 1. The van der Waals surface area contributed by atoms with Gasteiger partial charge in [0.05, 0.1) is 4.92 Å². The molecule has 0 aliphatic heterocycles. The molecule has 1 N–H and O–H groups in total. The summed E-state index contributed by atoms with van der Waals surface area (Å²) in [6.07, 6.45) is 0. The summed E-state index contributed by atoms with van der Waals surface area (Å²) in [7, 11) is 0. The molecule has 2 aromatic carbocycles. The molecule has 1 amide bonds. The minimum absolute atomic E-state index is 0.0150. The van der Waals surface area contributed by atoms with Gasteiger partial charge in [-0.2, -0.15) is 0 Å². The standard InChI is InChI=1S/C15H13ClN2O4/c16-12-3-7-14(8-4-12)22-10-15(19)17-9-11-1-5-13(6-2-11)18(20)21/h1-8H,9-10H2,(H,17,19). The molecule has 0 aliphatic rings. The molecule has 0 bridgehead atoms. The van der Waals surface area contributed by atoms with Gasteiger partial charge in [0, 0.05) is 23.7 Å². The Morgan fingerprint density at radius 3 is 2.36 bits per heavy atom. The number of hydrogen-bond donors (Lipinski definition) is 1. The van der Waals surface area contributed by atoms with Crippen LogP contribution in [0.25, 0.3) is 0 Å². The Kier molecular flexibility index (Phi) is 5.32. The first-order valence-corrected chi connectivity index (χ1v) is 6.81. The minimum atomic E-state index is -0.470. The summed E-state index contributed by atoms with van der Waals surface area (Å²) < 4.78 is 5.30. The van der Waals surface area contributed by atoms with Crippen molar-refractivity contribution in [2.45, 2.75) is 6.54 Å². The van der Waals surface area contributed by atoms with Gasteiger partial charge in [0.1, 0.15) is 5.75 Å². The fraction of sp³-hybridized carbons (Fsp3) is 0.133. The van der Waals surface area contributed by atoms with Crippen LogP contribution in [-0.2, 0) is 11.3 Å². The Morgan fingerprint density at radius 2 is 1.77 bits per heavy atom. The molecule has 0 heterocycles. The van der Waals surface area contributed by atoms with E-state index in [1.54, 1.807) is 36.4 Å². The van der Waals surface area contributed by atoms with Gasteiger partial charge < -0.3 is 10.1 Å². The van der Waals surface area contributed by atoms with Crippen molar-refractivity contribution in [1.29, 1.82) is 0 Å². The SMILES string of the molecule is O=C(COc1ccc(Cl)cc1)NCc1ccc([N+](=O)[O-])cc1. The Hall–Kier alpha value is -2.60.